The van der Waals surface area contributed by atoms with E-state index in [0.717, 1.165) is 11.3 Å². The van der Waals surface area contributed by atoms with Crippen LogP contribution in [0.1, 0.15) is 39.0 Å². The summed E-state index contributed by atoms with van der Waals surface area (Å²) < 4.78 is 5.43. The van der Waals surface area contributed by atoms with Crippen molar-refractivity contribution in [2.75, 3.05) is 0 Å². The van der Waals surface area contributed by atoms with E-state index in [-0.39, 0.29) is 12.1 Å². The Balaban J connectivity index is 2.22. The van der Waals surface area contributed by atoms with Crippen LogP contribution in [0, 0.1) is 6.57 Å². The molecule has 1 aromatic heterocycles. The number of amides is 1. The number of pyridine rings is 1. The summed E-state index contributed by atoms with van der Waals surface area (Å²) in [5.74, 6) is 0. The van der Waals surface area contributed by atoms with Crippen molar-refractivity contribution in [1.82, 2.24) is 9.88 Å². The number of fused-ring (bicyclic) bond motifs is 1. The minimum absolute atomic E-state index is 0.0450. The summed E-state index contributed by atoms with van der Waals surface area (Å²) in [7, 11) is 0. The summed E-state index contributed by atoms with van der Waals surface area (Å²) >= 11 is 0. The Morgan fingerprint density at radius 3 is 2.85 bits per heavy atom. The van der Waals surface area contributed by atoms with Gasteiger partial charge in [-0.05, 0) is 39.3 Å². The van der Waals surface area contributed by atoms with Crippen molar-refractivity contribution >= 4 is 11.8 Å². The van der Waals surface area contributed by atoms with E-state index < -0.39 is 5.60 Å². The first kappa shape index (κ1) is 14.3. The topological polar surface area (TPSA) is 46.8 Å². The number of carbonyl (C=O) groups excluding carboxylic acids is 1. The van der Waals surface area contributed by atoms with Crippen LogP contribution in [-0.4, -0.2) is 27.6 Å². The van der Waals surface area contributed by atoms with E-state index in [0.29, 0.717) is 18.7 Å². The molecular weight excluding hydrogens is 254 g/mol. The van der Waals surface area contributed by atoms with Gasteiger partial charge in [0.25, 0.3) is 0 Å². The molecule has 0 aromatic carbocycles. The van der Waals surface area contributed by atoms with Crippen LogP contribution in [0.25, 0.3) is 4.85 Å². The molecule has 0 N–H and O–H groups in total. The molecule has 0 fully saturated rings. The first-order valence-electron chi connectivity index (χ1n) is 6.65. The summed E-state index contributed by atoms with van der Waals surface area (Å²) in [5, 5.41) is 0. The molecule has 5 heteroatoms. The number of hydrogen-bond acceptors (Lipinski definition) is 3. The summed E-state index contributed by atoms with van der Waals surface area (Å²) in [6.45, 7) is 15.0. The average molecular weight is 273 g/mol. The number of ether oxygens (including phenoxy) is 1. The molecule has 20 heavy (non-hydrogen) atoms. The fraction of sp³-hybridized carbons (Fsp3) is 0.533. The van der Waals surface area contributed by atoms with Gasteiger partial charge in [-0.2, -0.15) is 0 Å². The molecule has 1 aliphatic heterocycles. The van der Waals surface area contributed by atoms with Gasteiger partial charge in [-0.15, -0.1) is 0 Å². The van der Waals surface area contributed by atoms with Crippen LogP contribution in [0.15, 0.2) is 12.3 Å². The largest absolute Gasteiger partial charge is 0.444 e. The van der Waals surface area contributed by atoms with Crippen molar-refractivity contribution in [3.63, 3.8) is 0 Å². The highest BCUT2D eigenvalue weighted by Crippen LogP contribution is 2.26. The van der Waals surface area contributed by atoms with Gasteiger partial charge in [-0.25, -0.2) is 9.64 Å². The van der Waals surface area contributed by atoms with Crippen molar-refractivity contribution < 1.29 is 9.53 Å². The standard InChI is InChI=1S/C15H19N3O2/c1-10-6-13-11(7-12(16-5)8-17-13)9-18(10)14(19)20-15(2,3)4/h7-8,10H,6,9H2,1-4H3/t10-/m1/s1. The summed E-state index contributed by atoms with van der Waals surface area (Å²) in [6.07, 6.45) is 1.96. The molecule has 1 aromatic rings. The molecule has 0 saturated heterocycles. The van der Waals surface area contributed by atoms with Crippen molar-refractivity contribution in [1.29, 1.82) is 0 Å². The minimum atomic E-state index is -0.506. The second-order valence-corrected chi connectivity index (χ2v) is 6.07. The molecule has 1 amide bonds. The highest BCUT2D eigenvalue weighted by Gasteiger charge is 2.30. The maximum atomic E-state index is 12.2. The third-order valence-electron chi connectivity index (χ3n) is 3.16. The Hall–Kier alpha value is -2.09. The monoisotopic (exact) mass is 273 g/mol. The lowest BCUT2D eigenvalue weighted by Gasteiger charge is -2.35. The van der Waals surface area contributed by atoms with Crippen molar-refractivity contribution in [2.45, 2.75) is 52.3 Å². The highest BCUT2D eigenvalue weighted by atomic mass is 16.6. The Morgan fingerprint density at radius 1 is 1.55 bits per heavy atom. The van der Waals surface area contributed by atoms with Gasteiger partial charge < -0.3 is 9.64 Å². The average Bonchev–Trinajstić information content (AvgIpc) is 2.35. The molecule has 1 atom stereocenters. The van der Waals surface area contributed by atoms with E-state index in [2.05, 4.69) is 9.83 Å². The third-order valence-corrected chi connectivity index (χ3v) is 3.16. The van der Waals surface area contributed by atoms with Gasteiger partial charge in [0.05, 0.1) is 6.57 Å². The minimum Gasteiger partial charge on any atom is -0.444 e. The summed E-state index contributed by atoms with van der Waals surface area (Å²) in [4.78, 5) is 21.6. The smallest absolute Gasteiger partial charge is 0.410 e. The Kier molecular flexibility index (Phi) is 3.67. The normalized spacial score (nSPS) is 18.1. The number of hydrogen-bond donors (Lipinski definition) is 0. The molecule has 0 unspecified atom stereocenters. The lowest BCUT2D eigenvalue weighted by molar-refractivity contribution is 0.0136. The van der Waals surface area contributed by atoms with Crippen LogP contribution in [0.5, 0.6) is 0 Å². The van der Waals surface area contributed by atoms with Crippen molar-refractivity contribution in [3.05, 3.63) is 34.9 Å². The first-order chi connectivity index (χ1) is 9.30. The van der Waals surface area contributed by atoms with Crippen LogP contribution in [-0.2, 0) is 17.7 Å². The Labute approximate surface area is 119 Å². The molecule has 0 spiro atoms. The van der Waals surface area contributed by atoms with Gasteiger partial charge >= 0.3 is 6.09 Å². The quantitative estimate of drug-likeness (QED) is 0.681. The second kappa shape index (κ2) is 5.12. The lowest BCUT2D eigenvalue weighted by atomic mass is 10.00. The molecule has 0 bridgehead atoms. The van der Waals surface area contributed by atoms with Crippen LogP contribution in [0.4, 0.5) is 10.5 Å². The van der Waals surface area contributed by atoms with E-state index in [9.17, 15) is 4.79 Å². The van der Waals surface area contributed by atoms with Gasteiger partial charge in [-0.1, -0.05) is 0 Å². The van der Waals surface area contributed by atoms with E-state index >= 15 is 0 Å². The molecule has 106 valence electrons. The zero-order chi connectivity index (χ0) is 14.9. The molecular formula is C15H19N3O2. The second-order valence-electron chi connectivity index (χ2n) is 6.07. The molecule has 2 rings (SSSR count). The third kappa shape index (κ3) is 3.08. The predicted molar refractivity (Wildman–Crippen MR) is 75.4 cm³/mol. The maximum absolute atomic E-state index is 12.2. The molecule has 0 radical (unpaired) electrons. The first-order valence-corrected chi connectivity index (χ1v) is 6.65. The maximum Gasteiger partial charge on any atom is 0.410 e. The summed E-state index contributed by atoms with van der Waals surface area (Å²) in [6, 6.07) is 1.85. The van der Waals surface area contributed by atoms with Crippen LogP contribution in [0.3, 0.4) is 0 Å². The van der Waals surface area contributed by atoms with E-state index in [1.165, 1.54) is 0 Å². The van der Waals surface area contributed by atoms with E-state index in [4.69, 9.17) is 11.3 Å². The summed E-state index contributed by atoms with van der Waals surface area (Å²) in [5.41, 5.74) is 1.89. The highest BCUT2D eigenvalue weighted by molar-refractivity contribution is 5.69. The van der Waals surface area contributed by atoms with E-state index in [1.807, 2.05) is 27.7 Å². The molecule has 2 heterocycles. The lowest BCUT2D eigenvalue weighted by Crippen LogP contribution is -2.45. The molecule has 0 saturated carbocycles. The van der Waals surface area contributed by atoms with E-state index in [1.54, 1.807) is 17.2 Å². The molecule has 0 aliphatic carbocycles. The zero-order valence-corrected chi connectivity index (χ0v) is 12.3. The van der Waals surface area contributed by atoms with Gasteiger partial charge in [0, 0.05) is 30.9 Å². The fourth-order valence-corrected chi connectivity index (χ4v) is 2.20. The van der Waals surface area contributed by atoms with Crippen LogP contribution >= 0.6 is 0 Å². The number of rotatable bonds is 0. The molecule has 5 nitrogen and oxygen atoms in total. The Bertz CT molecular complexity index is 569. The molecule has 1 aliphatic rings. The zero-order valence-electron chi connectivity index (χ0n) is 12.3. The van der Waals surface area contributed by atoms with Gasteiger partial charge in [0.15, 0.2) is 0 Å². The van der Waals surface area contributed by atoms with Gasteiger partial charge in [0.2, 0.25) is 5.69 Å². The van der Waals surface area contributed by atoms with Crippen molar-refractivity contribution in [3.8, 4) is 0 Å². The van der Waals surface area contributed by atoms with Crippen molar-refractivity contribution in [2.24, 2.45) is 0 Å². The van der Waals surface area contributed by atoms with Gasteiger partial charge in [0.1, 0.15) is 5.60 Å². The Morgan fingerprint density at radius 2 is 2.25 bits per heavy atom. The predicted octanol–water partition coefficient (Wildman–Crippen LogP) is 3.31. The number of nitrogens with zero attached hydrogens (tertiary/aromatic N) is 3. The fourth-order valence-electron chi connectivity index (χ4n) is 2.20. The number of carbonyl (C=O) groups is 1. The van der Waals surface area contributed by atoms with Gasteiger partial charge in [-0.3, -0.25) is 4.98 Å². The van der Waals surface area contributed by atoms with Crippen LogP contribution in [0.2, 0.25) is 0 Å². The SMILES string of the molecule is [C-]#[N+]c1cnc2c(c1)CN(C(=O)OC(C)(C)C)[C@H](C)C2. The van der Waals surface area contributed by atoms with Crippen LogP contribution < -0.4 is 0 Å². The number of aromatic nitrogens is 1.